The molecule has 0 bridgehead atoms. The normalized spacial score (nSPS) is 15.0. The highest BCUT2D eigenvalue weighted by molar-refractivity contribution is 6.07. The number of amides is 2. The van der Waals surface area contributed by atoms with Crippen LogP contribution in [0.25, 0.3) is 10.8 Å². The lowest BCUT2D eigenvalue weighted by Crippen LogP contribution is -2.37. The molecule has 2 amide bonds. The molecule has 0 unspecified atom stereocenters. The van der Waals surface area contributed by atoms with Crippen LogP contribution in [0.2, 0.25) is 0 Å². The highest BCUT2D eigenvalue weighted by Crippen LogP contribution is 2.24. The van der Waals surface area contributed by atoms with Crippen LogP contribution >= 0.6 is 0 Å². The number of benzene rings is 2. The molecule has 26 heavy (non-hydrogen) atoms. The standard InChI is InChI=1S/C18H15F3N2O3/c19-18(20,21)10-23-9-14(15(24)17(23)26)16(25)22-8-12-6-3-5-11-4-1-2-7-13(11)12/h1-7,24H,8-10H2,(H,22,25). The molecular weight excluding hydrogens is 349 g/mol. The number of aliphatic hydroxyl groups excluding tert-OH is 1. The van der Waals surface area contributed by atoms with E-state index in [0.717, 1.165) is 16.3 Å². The van der Waals surface area contributed by atoms with Crippen molar-refractivity contribution in [2.45, 2.75) is 12.7 Å². The summed E-state index contributed by atoms with van der Waals surface area (Å²) in [7, 11) is 0. The number of nitrogens with one attached hydrogen (secondary N) is 1. The molecule has 8 heteroatoms. The number of hydrogen-bond acceptors (Lipinski definition) is 3. The number of carbonyl (C=O) groups is 2. The lowest BCUT2D eigenvalue weighted by molar-refractivity contribution is -0.157. The van der Waals surface area contributed by atoms with Crippen LogP contribution in [0.5, 0.6) is 0 Å². The predicted octanol–water partition coefficient (Wildman–Crippen LogP) is 2.67. The van der Waals surface area contributed by atoms with E-state index in [1.54, 1.807) is 0 Å². The summed E-state index contributed by atoms with van der Waals surface area (Å²) in [4.78, 5) is 24.3. The second-order valence-electron chi connectivity index (χ2n) is 5.92. The van der Waals surface area contributed by atoms with Crippen LogP contribution in [0.4, 0.5) is 13.2 Å². The molecule has 0 atom stereocenters. The first-order valence-electron chi connectivity index (χ1n) is 7.79. The molecule has 0 spiro atoms. The molecule has 2 N–H and O–H groups in total. The summed E-state index contributed by atoms with van der Waals surface area (Å²) in [6.07, 6.45) is -4.61. The molecule has 2 aromatic carbocycles. The molecule has 1 aliphatic rings. The molecule has 5 nitrogen and oxygen atoms in total. The SMILES string of the molecule is O=C(NCc1cccc2ccccc12)C1=C(O)C(=O)N(CC(F)(F)F)C1. The van der Waals surface area contributed by atoms with Crippen molar-refractivity contribution in [1.29, 1.82) is 0 Å². The van der Waals surface area contributed by atoms with Crippen LogP contribution in [0.1, 0.15) is 5.56 Å². The van der Waals surface area contributed by atoms with E-state index in [-0.39, 0.29) is 12.1 Å². The highest BCUT2D eigenvalue weighted by Gasteiger charge is 2.40. The van der Waals surface area contributed by atoms with Gasteiger partial charge in [0.05, 0.1) is 12.1 Å². The van der Waals surface area contributed by atoms with Crippen molar-refractivity contribution in [3.05, 3.63) is 59.4 Å². The molecule has 0 aliphatic carbocycles. The Morgan fingerprint density at radius 1 is 1.15 bits per heavy atom. The number of alkyl halides is 3. The van der Waals surface area contributed by atoms with Crippen molar-refractivity contribution < 1.29 is 27.9 Å². The largest absolute Gasteiger partial charge is 0.503 e. The minimum Gasteiger partial charge on any atom is -0.503 e. The Morgan fingerprint density at radius 3 is 2.58 bits per heavy atom. The minimum atomic E-state index is -4.61. The van der Waals surface area contributed by atoms with Gasteiger partial charge in [0.2, 0.25) is 0 Å². The van der Waals surface area contributed by atoms with Crippen LogP contribution in [-0.4, -0.2) is 41.1 Å². The first-order valence-corrected chi connectivity index (χ1v) is 7.79. The fourth-order valence-corrected chi connectivity index (χ4v) is 2.87. The maximum absolute atomic E-state index is 12.5. The van der Waals surface area contributed by atoms with Crippen molar-refractivity contribution >= 4 is 22.6 Å². The lowest BCUT2D eigenvalue weighted by atomic mass is 10.0. The average Bonchev–Trinajstić information content (AvgIpc) is 2.86. The van der Waals surface area contributed by atoms with E-state index < -0.39 is 36.8 Å². The van der Waals surface area contributed by atoms with Gasteiger partial charge in [0.1, 0.15) is 6.54 Å². The zero-order valence-corrected chi connectivity index (χ0v) is 13.5. The van der Waals surface area contributed by atoms with E-state index in [1.165, 1.54) is 0 Å². The maximum atomic E-state index is 12.5. The Kier molecular flexibility index (Phi) is 4.58. The first kappa shape index (κ1) is 17.8. The van der Waals surface area contributed by atoms with Gasteiger partial charge in [0.15, 0.2) is 5.76 Å². The van der Waals surface area contributed by atoms with Crippen molar-refractivity contribution in [2.75, 3.05) is 13.1 Å². The van der Waals surface area contributed by atoms with Gasteiger partial charge in [-0.25, -0.2) is 0 Å². The molecular formula is C18H15F3N2O3. The monoisotopic (exact) mass is 364 g/mol. The number of hydrogen-bond donors (Lipinski definition) is 2. The van der Waals surface area contributed by atoms with Crippen LogP contribution in [0.15, 0.2) is 53.8 Å². The predicted molar refractivity (Wildman–Crippen MR) is 88.1 cm³/mol. The van der Waals surface area contributed by atoms with Gasteiger partial charge in [0, 0.05) is 6.54 Å². The Morgan fingerprint density at radius 2 is 1.85 bits per heavy atom. The Labute approximate surface area is 146 Å². The third-order valence-electron chi connectivity index (χ3n) is 4.09. The van der Waals surface area contributed by atoms with Crippen LogP contribution in [0.3, 0.4) is 0 Å². The number of halogens is 3. The fraction of sp³-hybridized carbons (Fsp3) is 0.222. The number of rotatable bonds is 4. The van der Waals surface area contributed by atoms with Gasteiger partial charge >= 0.3 is 6.18 Å². The summed E-state index contributed by atoms with van der Waals surface area (Å²) >= 11 is 0. The molecule has 136 valence electrons. The van der Waals surface area contributed by atoms with Gasteiger partial charge in [-0.15, -0.1) is 0 Å². The molecule has 0 fully saturated rings. The molecule has 0 saturated carbocycles. The number of carbonyl (C=O) groups excluding carboxylic acids is 2. The van der Waals surface area contributed by atoms with Crippen LogP contribution in [-0.2, 0) is 16.1 Å². The van der Waals surface area contributed by atoms with E-state index in [0.29, 0.717) is 4.90 Å². The van der Waals surface area contributed by atoms with E-state index >= 15 is 0 Å². The molecule has 0 radical (unpaired) electrons. The van der Waals surface area contributed by atoms with Crippen LogP contribution < -0.4 is 5.32 Å². The van der Waals surface area contributed by atoms with Crippen molar-refractivity contribution in [2.24, 2.45) is 0 Å². The van der Waals surface area contributed by atoms with Gasteiger partial charge in [0.25, 0.3) is 11.8 Å². The fourth-order valence-electron chi connectivity index (χ4n) is 2.87. The Bertz CT molecular complexity index is 901. The summed E-state index contributed by atoms with van der Waals surface area (Å²) in [6.45, 7) is -1.98. The van der Waals surface area contributed by atoms with Crippen molar-refractivity contribution in [1.82, 2.24) is 10.2 Å². The van der Waals surface area contributed by atoms with Gasteiger partial charge in [-0.05, 0) is 16.3 Å². The second-order valence-corrected chi connectivity index (χ2v) is 5.92. The van der Waals surface area contributed by atoms with E-state index in [9.17, 15) is 27.9 Å². The zero-order valence-electron chi connectivity index (χ0n) is 13.5. The number of fused-ring (bicyclic) bond motifs is 1. The lowest BCUT2D eigenvalue weighted by Gasteiger charge is -2.17. The summed E-state index contributed by atoms with van der Waals surface area (Å²) in [5.41, 5.74) is 0.451. The topological polar surface area (TPSA) is 69.6 Å². The smallest absolute Gasteiger partial charge is 0.406 e. The van der Waals surface area contributed by atoms with E-state index in [2.05, 4.69) is 5.32 Å². The van der Waals surface area contributed by atoms with Crippen LogP contribution in [0, 0.1) is 0 Å². The second kappa shape index (κ2) is 6.70. The Balaban J connectivity index is 1.71. The summed E-state index contributed by atoms with van der Waals surface area (Å²) in [6, 6.07) is 13.1. The molecule has 1 aliphatic heterocycles. The van der Waals surface area contributed by atoms with Gasteiger partial charge in [-0.1, -0.05) is 42.5 Å². The highest BCUT2D eigenvalue weighted by atomic mass is 19.4. The summed E-state index contributed by atoms with van der Waals surface area (Å²) in [5, 5.41) is 14.2. The number of nitrogens with zero attached hydrogens (tertiary/aromatic N) is 1. The third kappa shape index (κ3) is 3.63. The van der Waals surface area contributed by atoms with Gasteiger partial charge in [-0.3, -0.25) is 9.59 Å². The number of aliphatic hydroxyl groups is 1. The maximum Gasteiger partial charge on any atom is 0.406 e. The molecule has 1 heterocycles. The van der Waals surface area contributed by atoms with Gasteiger partial charge < -0.3 is 15.3 Å². The quantitative estimate of drug-likeness (QED) is 0.876. The zero-order chi connectivity index (χ0) is 18.9. The Hall–Kier alpha value is -3.03. The van der Waals surface area contributed by atoms with Gasteiger partial charge in [-0.2, -0.15) is 13.2 Å². The molecule has 2 aromatic rings. The van der Waals surface area contributed by atoms with E-state index in [1.807, 2.05) is 42.5 Å². The molecule has 0 saturated heterocycles. The van der Waals surface area contributed by atoms with E-state index in [4.69, 9.17) is 0 Å². The van der Waals surface area contributed by atoms with Crippen molar-refractivity contribution in [3.8, 4) is 0 Å². The summed E-state index contributed by atoms with van der Waals surface area (Å²) < 4.78 is 37.4. The summed E-state index contributed by atoms with van der Waals surface area (Å²) in [5.74, 6) is -2.91. The third-order valence-corrected chi connectivity index (χ3v) is 4.09. The molecule has 3 rings (SSSR count). The average molecular weight is 364 g/mol. The molecule has 0 aromatic heterocycles. The van der Waals surface area contributed by atoms with Crippen molar-refractivity contribution in [3.63, 3.8) is 0 Å². The first-order chi connectivity index (χ1) is 12.3. The minimum absolute atomic E-state index is 0.116.